The summed E-state index contributed by atoms with van der Waals surface area (Å²) in [6.07, 6.45) is 5.42. The van der Waals surface area contributed by atoms with Gasteiger partial charge in [-0.05, 0) is 17.7 Å². The number of fused-ring (bicyclic) bond motifs is 1. The van der Waals surface area contributed by atoms with Crippen LogP contribution < -0.4 is 5.73 Å². The number of nitrogens with one attached hydrogen (secondary N) is 1. The van der Waals surface area contributed by atoms with Crippen LogP contribution in [0.4, 0.5) is 5.95 Å². The van der Waals surface area contributed by atoms with E-state index in [1.165, 1.54) is 0 Å². The smallest absolute Gasteiger partial charge is 0.220 e. The first-order valence-corrected chi connectivity index (χ1v) is 6.93. The topological polar surface area (TPSA) is 80.5 Å². The van der Waals surface area contributed by atoms with Gasteiger partial charge in [0.15, 0.2) is 0 Å². The first-order valence-electron chi connectivity index (χ1n) is 6.93. The number of pyridine rings is 1. The molecule has 0 atom stereocenters. The Hall–Kier alpha value is -3.21. The Morgan fingerprint density at radius 1 is 0.955 bits per heavy atom. The molecule has 4 aromatic rings. The fourth-order valence-electron chi connectivity index (χ4n) is 2.53. The molecule has 3 heterocycles. The minimum atomic E-state index is 0.263. The number of aromatic amines is 1. The largest absolute Gasteiger partial charge is 0.368 e. The third-order valence-electron chi connectivity index (χ3n) is 3.59. The Kier molecular flexibility index (Phi) is 2.83. The Bertz CT molecular complexity index is 944. The molecule has 0 spiro atoms. The molecule has 0 aliphatic rings. The van der Waals surface area contributed by atoms with E-state index in [0.717, 1.165) is 33.4 Å². The highest BCUT2D eigenvalue weighted by molar-refractivity contribution is 5.94. The van der Waals surface area contributed by atoms with Crippen molar-refractivity contribution in [3.8, 4) is 22.4 Å². The molecular weight excluding hydrogens is 274 g/mol. The third kappa shape index (κ3) is 2.09. The van der Waals surface area contributed by atoms with Gasteiger partial charge < -0.3 is 10.7 Å². The van der Waals surface area contributed by atoms with Crippen LogP contribution >= 0.6 is 0 Å². The first-order chi connectivity index (χ1) is 10.8. The summed E-state index contributed by atoms with van der Waals surface area (Å²) >= 11 is 0. The Balaban J connectivity index is 1.91. The van der Waals surface area contributed by atoms with Crippen LogP contribution in [0.15, 0.2) is 61.1 Å². The van der Waals surface area contributed by atoms with E-state index in [0.29, 0.717) is 0 Å². The molecule has 0 aliphatic heterocycles. The van der Waals surface area contributed by atoms with Gasteiger partial charge in [0.1, 0.15) is 5.65 Å². The van der Waals surface area contributed by atoms with E-state index in [1.807, 2.05) is 36.7 Å². The fraction of sp³-hybridized carbons (Fsp3) is 0. The van der Waals surface area contributed by atoms with Crippen molar-refractivity contribution in [1.82, 2.24) is 19.9 Å². The number of benzene rings is 1. The summed E-state index contributed by atoms with van der Waals surface area (Å²) in [5, 5.41) is 1.01. The van der Waals surface area contributed by atoms with Gasteiger partial charge in [0, 0.05) is 35.1 Å². The highest BCUT2D eigenvalue weighted by atomic mass is 15.0. The maximum absolute atomic E-state index is 5.68. The normalized spacial score (nSPS) is 10.9. The van der Waals surface area contributed by atoms with Gasteiger partial charge in [-0.3, -0.25) is 0 Å². The standard InChI is InChI=1S/C17H13N5/c18-17-19-7-6-15(22-17)14-10-21-16-13(14)8-12(9-20-16)11-4-2-1-3-5-11/h1-10H,(H,20,21)(H2,18,19,22). The van der Waals surface area contributed by atoms with Gasteiger partial charge in [-0.2, -0.15) is 0 Å². The van der Waals surface area contributed by atoms with Gasteiger partial charge in [-0.15, -0.1) is 0 Å². The van der Waals surface area contributed by atoms with Crippen LogP contribution in [0, 0.1) is 0 Å². The molecule has 0 aliphatic carbocycles. The maximum Gasteiger partial charge on any atom is 0.220 e. The molecule has 4 rings (SSSR count). The molecule has 5 nitrogen and oxygen atoms in total. The molecule has 0 saturated carbocycles. The molecule has 3 N–H and O–H groups in total. The van der Waals surface area contributed by atoms with E-state index in [1.54, 1.807) is 6.20 Å². The first kappa shape index (κ1) is 12.5. The second-order valence-corrected chi connectivity index (χ2v) is 4.99. The summed E-state index contributed by atoms with van der Waals surface area (Å²) in [6, 6.07) is 14.1. The molecule has 22 heavy (non-hydrogen) atoms. The van der Waals surface area contributed by atoms with E-state index in [2.05, 4.69) is 38.1 Å². The molecule has 0 unspecified atom stereocenters. The van der Waals surface area contributed by atoms with E-state index in [4.69, 9.17) is 5.73 Å². The van der Waals surface area contributed by atoms with Gasteiger partial charge in [0.25, 0.3) is 0 Å². The Morgan fingerprint density at radius 3 is 2.64 bits per heavy atom. The summed E-state index contributed by atoms with van der Waals surface area (Å²) in [7, 11) is 0. The molecule has 1 aromatic carbocycles. The number of anilines is 1. The van der Waals surface area contributed by atoms with E-state index in [-0.39, 0.29) is 5.95 Å². The number of rotatable bonds is 2. The molecule has 0 amide bonds. The van der Waals surface area contributed by atoms with E-state index < -0.39 is 0 Å². The lowest BCUT2D eigenvalue weighted by atomic mass is 10.0. The number of hydrogen-bond acceptors (Lipinski definition) is 4. The fourth-order valence-corrected chi connectivity index (χ4v) is 2.53. The van der Waals surface area contributed by atoms with Crippen LogP contribution in [0.5, 0.6) is 0 Å². The van der Waals surface area contributed by atoms with Crippen molar-refractivity contribution in [2.24, 2.45) is 0 Å². The molecule has 3 aromatic heterocycles. The van der Waals surface area contributed by atoms with E-state index >= 15 is 0 Å². The molecular formula is C17H13N5. The van der Waals surface area contributed by atoms with Crippen molar-refractivity contribution in [3.63, 3.8) is 0 Å². The minimum absolute atomic E-state index is 0.263. The van der Waals surface area contributed by atoms with Crippen molar-refractivity contribution in [2.45, 2.75) is 0 Å². The average molecular weight is 287 g/mol. The highest BCUT2D eigenvalue weighted by Gasteiger charge is 2.10. The molecule has 106 valence electrons. The van der Waals surface area contributed by atoms with Crippen LogP contribution in [0.25, 0.3) is 33.4 Å². The van der Waals surface area contributed by atoms with Gasteiger partial charge in [-0.25, -0.2) is 15.0 Å². The number of H-pyrrole nitrogens is 1. The molecule has 0 saturated heterocycles. The van der Waals surface area contributed by atoms with Gasteiger partial charge in [0.05, 0.1) is 5.69 Å². The van der Waals surface area contributed by atoms with Crippen molar-refractivity contribution in [2.75, 3.05) is 5.73 Å². The average Bonchev–Trinajstić information content (AvgIpc) is 2.99. The van der Waals surface area contributed by atoms with Crippen LogP contribution in [0.2, 0.25) is 0 Å². The third-order valence-corrected chi connectivity index (χ3v) is 3.59. The van der Waals surface area contributed by atoms with Crippen LogP contribution in [-0.2, 0) is 0 Å². The maximum atomic E-state index is 5.68. The zero-order valence-electron chi connectivity index (χ0n) is 11.7. The number of nitrogens with two attached hydrogens (primary N) is 1. The summed E-state index contributed by atoms with van der Waals surface area (Å²) < 4.78 is 0. The van der Waals surface area contributed by atoms with Crippen molar-refractivity contribution >= 4 is 17.0 Å². The quantitative estimate of drug-likeness (QED) is 0.593. The molecule has 0 fully saturated rings. The van der Waals surface area contributed by atoms with Crippen molar-refractivity contribution in [3.05, 3.63) is 61.1 Å². The van der Waals surface area contributed by atoms with Crippen LogP contribution in [0.3, 0.4) is 0 Å². The second kappa shape index (κ2) is 4.96. The lowest BCUT2D eigenvalue weighted by Crippen LogP contribution is -1.94. The minimum Gasteiger partial charge on any atom is -0.368 e. The molecule has 5 heteroatoms. The molecule has 0 radical (unpaired) electrons. The van der Waals surface area contributed by atoms with Crippen molar-refractivity contribution in [1.29, 1.82) is 0 Å². The zero-order chi connectivity index (χ0) is 14.9. The predicted molar refractivity (Wildman–Crippen MR) is 87.0 cm³/mol. The van der Waals surface area contributed by atoms with Crippen molar-refractivity contribution < 1.29 is 0 Å². The predicted octanol–water partition coefficient (Wildman–Crippen LogP) is 3.27. The second-order valence-electron chi connectivity index (χ2n) is 4.99. The lowest BCUT2D eigenvalue weighted by Gasteiger charge is -2.03. The van der Waals surface area contributed by atoms with Crippen LogP contribution in [-0.4, -0.2) is 19.9 Å². The number of aromatic nitrogens is 4. The SMILES string of the molecule is Nc1nccc(-c2c[nH]c3ncc(-c4ccccc4)cc23)n1. The summed E-state index contributed by atoms with van der Waals surface area (Å²) in [6.45, 7) is 0. The number of hydrogen-bond donors (Lipinski definition) is 2. The Labute approximate surface area is 126 Å². The van der Waals surface area contributed by atoms with Crippen LogP contribution in [0.1, 0.15) is 0 Å². The molecule has 0 bridgehead atoms. The lowest BCUT2D eigenvalue weighted by molar-refractivity contribution is 1.19. The van der Waals surface area contributed by atoms with Gasteiger partial charge in [0.2, 0.25) is 5.95 Å². The summed E-state index contributed by atoms with van der Waals surface area (Å²) in [5.41, 5.74) is 10.5. The summed E-state index contributed by atoms with van der Waals surface area (Å²) in [5.74, 6) is 0.263. The van der Waals surface area contributed by atoms with Gasteiger partial charge in [-0.1, -0.05) is 30.3 Å². The number of nitrogen functional groups attached to an aromatic ring is 1. The zero-order valence-corrected chi connectivity index (χ0v) is 11.7. The monoisotopic (exact) mass is 287 g/mol. The number of nitrogens with zero attached hydrogens (tertiary/aromatic N) is 3. The van der Waals surface area contributed by atoms with Gasteiger partial charge >= 0.3 is 0 Å². The Morgan fingerprint density at radius 2 is 1.82 bits per heavy atom. The summed E-state index contributed by atoms with van der Waals surface area (Å²) in [4.78, 5) is 15.9. The highest BCUT2D eigenvalue weighted by Crippen LogP contribution is 2.29. The van der Waals surface area contributed by atoms with E-state index in [9.17, 15) is 0 Å².